The smallest absolute Gasteiger partial charge is 0.416 e. The van der Waals surface area contributed by atoms with Crippen LogP contribution in [0.15, 0.2) is 206 Å². The van der Waals surface area contributed by atoms with Crippen LogP contribution >= 0.6 is 11.6 Å². The lowest BCUT2D eigenvalue weighted by Gasteiger charge is -2.39. The van der Waals surface area contributed by atoms with Gasteiger partial charge in [0, 0.05) is 90.7 Å². The molecule has 8 aromatic carbocycles. The Bertz CT molecular complexity index is 6130. The molecule has 4 atom stereocenters. The van der Waals surface area contributed by atoms with E-state index < -0.39 is 71.3 Å². The van der Waals surface area contributed by atoms with Crippen molar-refractivity contribution in [3.63, 3.8) is 0 Å². The number of anilines is 4. The second kappa shape index (κ2) is 41.5. The minimum atomic E-state index is -4.43. The predicted molar refractivity (Wildman–Crippen MR) is 472 cm³/mol. The van der Waals surface area contributed by atoms with Gasteiger partial charge in [-0.1, -0.05) is 29.3 Å². The van der Waals surface area contributed by atoms with Gasteiger partial charge in [0.25, 0.3) is 17.7 Å². The number of nitrogens with two attached hydrogens (primary N) is 5. The van der Waals surface area contributed by atoms with Crippen LogP contribution in [0, 0.1) is 12.7 Å². The number of ketones is 3. The number of rotatable bonds is 26. The van der Waals surface area contributed by atoms with Gasteiger partial charge >= 0.3 is 6.18 Å². The van der Waals surface area contributed by atoms with Crippen molar-refractivity contribution in [3.05, 3.63) is 251 Å². The highest BCUT2D eigenvalue weighted by molar-refractivity contribution is 6.30. The summed E-state index contributed by atoms with van der Waals surface area (Å²) in [5, 5.41) is 6.19. The fourth-order valence-electron chi connectivity index (χ4n) is 12.9. The van der Waals surface area contributed by atoms with Crippen LogP contribution in [0.5, 0.6) is 57.5 Å². The number of piperazine rings is 1. The Morgan fingerprint density at radius 3 is 1.28 bits per heavy atom. The van der Waals surface area contributed by atoms with Gasteiger partial charge in [-0.15, -0.1) is 0 Å². The molecule has 15 rings (SSSR count). The number of nitrogens with zero attached hydrogens (tertiary/aromatic N) is 11. The van der Waals surface area contributed by atoms with Gasteiger partial charge in [-0.25, -0.2) is 44.3 Å². The van der Waals surface area contributed by atoms with E-state index in [1.165, 1.54) is 69.3 Å². The maximum absolute atomic E-state index is 14.0. The van der Waals surface area contributed by atoms with Crippen molar-refractivity contribution in [1.82, 2.24) is 44.8 Å². The number of likely N-dealkylation sites (N-methyl/N-ethyl adjacent to an activating group) is 1. The lowest BCUT2D eigenvalue weighted by Crippen LogP contribution is -2.57. The first-order valence-electron chi connectivity index (χ1n) is 40.1. The number of aryl methyl sites for hydroxylation is 1. The number of Topliss-reactive ketones (excluding diaryl/α,β-unsaturated/α-hetero) is 3. The Morgan fingerprint density at radius 1 is 0.450 bits per heavy atom. The van der Waals surface area contributed by atoms with Gasteiger partial charge in [0.15, 0.2) is 63.7 Å². The summed E-state index contributed by atoms with van der Waals surface area (Å²) in [7, 11) is 1.92. The summed E-state index contributed by atoms with van der Waals surface area (Å²) in [5.74, 6) is 3.66. The Kier molecular flexibility index (Phi) is 29.8. The summed E-state index contributed by atoms with van der Waals surface area (Å²) in [4.78, 5) is 135. The minimum absolute atomic E-state index is 0.0103. The predicted octanol–water partition coefficient (Wildman–Crippen LogP) is 14.3. The van der Waals surface area contributed by atoms with Crippen molar-refractivity contribution in [3.8, 4) is 103 Å². The molecule has 37 heteroatoms. The summed E-state index contributed by atoms with van der Waals surface area (Å²) in [6, 6.07) is 52.8. The maximum atomic E-state index is 14.0. The molecule has 12 aromatic rings. The van der Waals surface area contributed by atoms with E-state index in [0.717, 1.165) is 36.3 Å². The number of primary amides is 5. The quantitative estimate of drug-likeness (QED) is 0.0195. The SMILES string of the molecule is CC(=O)[C@H](C)Nc1cc(C(N)=O)nc(-c2ccc(Oc3ccc(C)cc3)cc2)n1.CC(=O)[C@H](C)Nc1cc(C(N)=O)nc(-c2ccc(Oc3ccc4c(c3)OCO4)cc2)n1.CC(=O)c1cc(N2CCN(C)CC2C(N)=O)nc(-c2ccc(Oc3ccc(Cl)cc3F)cc2)n1.NC(=O)c1cc(N2CCCCC2C(N)=O)nc(-c2ccc(Oc3ccc(C(F)(F)F)cc3)cc2)n1. The molecule has 12 N–H and O–H groups in total. The Labute approximate surface area is 741 Å². The normalized spacial score (nSPS) is 14.4. The third-order valence-corrected chi connectivity index (χ3v) is 20.3. The number of halogens is 5. The number of hydrogen-bond donors (Lipinski definition) is 7. The van der Waals surface area contributed by atoms with Crippen LogP contribution in [0.1, 0.15) is 107 Å². The molecule has 0 saturated carbocycles. The number of fused-ring (bicyclic) bond motifs is 1. The van der Waals surface area contributed by atoms with Crippen molar-refractivity contribution < 1.29 is 84.3 Å². The van der Waals surface area contributed by atoms with Crippen molar-refractivity contribution in [2.75, 3.05) is 60.5 Å². The van der Waals surface area contributed by atoms with Crippen LogP contribution in [-0.2, 0) is 25.4 Å². The van der Waals surface area contributed by atoms with E-state index in [-0.39, 0.29) is 69.3 Å². The van der Waals surface area contributed by atoms with Gasteiger partial charge in [-0.3, -0.25) is 38.4 Å². The fraction of sp³-hybridized carbons (Fsp3) is 0.217. The molecule has 5 amide bonds. The molecule has 7 heterocycles. The molecule has 2 saturated heterocycles. The van der Waals surface area contributed by atoms with E-state index in [4.69, 9.17) is 68.7 Å². The van der Waals surface area contributed by atoms with Gasteiger partial charge in [0.1, 0.15) is 98.4 Å². The van der Waals surface area contributed by atoms with Gasteiger partial charge < -0.3 is 82.4 Å². The van der Waals surface area contributed by atoms with E-state index >= 15 is 0 Å². The number of alkyl halides is 3. The van der Waals surface area contributed by atoms with Crippen LogP contribution in [0.4, 0.5) is 40.8 Å². The van der Waals surface area contributed by atoms with E-state index in [1.807, 2.05) is 43.1 Å². The molecule has 3 aliphatic rings. The van der Waals surface area contributed by atoms with Crippen LogP contribution in [-0.4, -0.2) is 156 Å². The first-order valence-corrected chi connectivity index (χ1v) is 40.4. The summed E-state index contributed by atoms with van der Waals surface area (Å²) in [6.45, 7) is 12.2. The number of aromatic nitrogens is 8. The Hall–Kier alpha value is -15.6. The highest BCUT2D eigenvalue weighted by atomic mass is 35.5. The third kappa shape index (κ3) is 24.9. The summed E-state index contributed by atoms with van der Waals surface area (Å²) in [5.41, 5.74) is 30.7. The molecular weight excluding hydrogens is 1690 g/mol. The molecule has 0 aliphatic carbocycles. The number of carbonyl (C=O) groups excluding carboxylic acids is 8. The Morgan fingerprint density at radius 2 is 0.845 bits per heavy atom. The molecule has 129 heavy (non-hydrogen) atoms. The molecule has 0 radical (unpaired) electrons. The van der Waals surface area contributed by atoms with E-state index in [1.54, 1.807) is 145 Å². The lowest BCUT2D eigenvalue weighted by atomic mass is 10.0. The number of piperidine rings is 1. The lowest BCUT2D eigenvalue weighted by molar-refractivity contribution is -0.137. The standard InChI is InChI=1S/C24H23ClFN5O3.C24H22F3N5O3.C22H20N4O5.C22H22N4O3/c1-14(32)19-12-22(31-10-9-30(2)13-20(31)23(27)33)29-24(28-19)15-3-6-17(7-4-15)34-21-8-5-16(25)11-18(21)26;25-24(26,27)15-6-10-17(11-7-15)35-16-8-4-14(5-9-16)23-30-18(21(28)33)13-20(31-23)32-12-2-1-3-19(32)22(29)34;1-12(13(2)27)24-20-10-17(21(23)28)25-22(26-20)14-3-5-15(6-4-14)31-16-7-8-18-19(9-16)30-11-29-18;1-13-4-8-17(9-5-13)29-18-10-6-16(7-11-18)22-25-19(21(23)28)12-20(26-22)24-14(2)15(3)27/h3-8,11-12,20H,9-10,13H2,1-2H3,(H2,27,33);4-11,13,19H,1-3,12H2,(H2,28,33)(H2,29,34);3-10,12H,11H2,1-2H3,(H2,23,28)(H,24,25,26);4-12,14H,1-3H3,(H2,23,28)(H,24,25,26)/t;;12-;14-/m..00/s1. The monoisotopic (exact) mass is 1780 g/mol. The zero-order chi connectivity index (χ0) is 92.5. The zero-order valence-corrected chi connectivity index (χ0v) is 71.3. The van der Waals surface area contributed by atoms with E-state index in [9.17, 15) is 55.9 Å². The largest absolute Gasteiger partial charge is 0.457 e. The van der Waals surface area contributed by atoms with Crippen LogP contribution < -0.4 is 77.5 Å². The second-order valence-electron chi connectivity index (χ2n) is 29.8. The first kappa shape index (κ1) is 92.6. The molecule has 4 aromatic heterocycles. The number of hydrogen-bond acceptors (Lipinski definition) is 27. The molecule has 2 fully saturated rings. The van der Waals surface area contributed by atoms with Crippen LogP contribution in [0.2, 0.25) is 5.02 Å². The van der Waals surface area contributed by atoms with Crippen molar-refractivity contribution in [2.45, 2.75) is 91.1 Å². The molecule has 0 bridgehead atoms. The van der Waals surface area contributed by atoms with Crippen molar-refractivity contribution in [1.29, 1.82) is 0 Å². The molecule has 32 nitrogen and oxygen atoms in total. The van der Waals surface area contributed by atoms with Crippen molar-refractivity contribution in [2.24, 2.45) is 28.7 Å². The number of ether oxygens (including phenoxy) is 6. The number of amides is 5. The van der Waals surface area contributed by atoms with Gasteiger partial charge in [0.05, 0.1) is 17.6 Å². The molecule has 3 aliphatic heterocycles. The van der Waals surface area contributed by atoms with Gasteiger partial charge in [-0.2, -0.15) is 13.2 Å². The topological polar surface area (TPSA) is 459 Å². The molecule has 2 unspecified atom stereocenters. The number of benzene rings is 8. The van der Waals surface area contributed by atoms with Crippen LogP contribution in [0.3, 0.4) is 0 Å². The first-order chi connectivity index (χ1) is 61.5. The zero-order valence-electron chi connectivity index (χ0n) is 70.5. The molecule has 664 valence electrons. The van der Waals surface area contributed by atoms with Gasteiger partial charge in [-0.05, 0) is 225 Å². The van der Waals surface area contributed by atoms with E-state index in [2.05, 4.69) is 50.5 Å². The maximum Gasteiger partial charge on any atom is 0.416 e. The fourth-order valence-corrected chi connectivity index (χ4v) is 13.1. The number of nitrogens with one attached hydrogen (secondary N) is 2. The average molecular weight is 1780 g/mol. The van der Waals surface area contributed by atoms with Crippen molar-refractivity contribution >= 4 is 81.8 Å². The van der Waals surface area contributed by atoms with Gasteiger partial charge in [0.2, 0.25) is 18.6 Å². The third-order valence-electron chi connectivity index (χ3n) is 20.1. The summed E-state index contributed by atoms with van der Waals surface area (Å²) < 4.78 is 85.8. The average Bonchev–Trinajstić information content (AvgIpc) is 1.46. The van der Waals surface area contributed by atoms with E-state index in [0.29, 0.717) is 136 Å². The second-order valence-corrected chi connectivity index (χ2v) is 30.2. The Balaban J connectivity index is 0.000000156. The van der Waals surface area contributed by atoms with Crippen LogP contribution in [0.25, 0.3) is 45.6 Å². The highest BCUT2D eigenvalue weighted by Gasteiger charge is 2.34. The minimum Gasteiger partial charge on any atom is -0.457 e. The molecule has 0 spiro atoms. The highest BCUT2D eigenvalue weighted by Crippen LogP contribution is 2.39. The summed E-state index contributed by atoms with van der Waals surface area (Å²) >= 11 is 5.78. The summed E-state index contributed by atoms with van der Waals surface area (Å²) in [6.07, 6.45) is -2.16. The molecular formula is C92H87ClF4N18O14. The number of carbonyl (C=O) groups is 8.